The van der Waals surface area contributed by atoms with Crippen molar-refractivity contribution in [3.05, 3.63) is 35.9 Å². The van der Waals surface area contributed by atoms with Gasteiger partial charge in [0.2, 0.25) is 0 Å². The van der Waals surface area contributed by atoms with Crippen molar-refractivity contribution in [2.24, 2.45) is 0 Å². The zero-order valence-electron chi connectivity index (χ0n) is 13.3. The van der Waals surface area contributed by atoms with E-state index in [4.69, 9.17) is 14.7 Å². The van der Waals surface area contributed by atoms with Gasteiger partial charge in [-0.3, -0.25) is 20.4 Å². The van der Waals surface area contributed by atoms with Crippen LogP contribution in [0.5, 0.6) is 0 Å². The molecule has 1 aromatic carbocycles. The van der Waals surface area contributed by atoms with Crippen molar-refractivity contribution in [1.82, 2.24) is 5.48 Å². The number of hydrogen-bond acceptors (Lipinski definition) is 5. The fraction of sp³-hybridized carbons (Fsp3) is 0.375. The molecule has 7 nitrogen and oxygen atoms in total. The van der Waals surface area contributed by atoms with E-state index in [2.05, 4.69) is 10.8 Å². The number of carboxylic acids is 1. The summed E-state index contributed by atoms with van der Waals surface area (Å²) in [6, 6.07) is 7.04. The van der Waals surface area contributed by atoms with Gasteiger partial charge in [0.05, 0.1) is 12.1 Å². The number of aliphatic carboxylic acids is 1. The van der Waals surface area contributed by atoms with Crippen LogP contribution in [0.4, 0.5) is 10.5 Å². The molecule has 23 heavy (non-hydrogen) atoms. The van der Waals surface area contributed by atoms with Crippen molar-refractivity contribution in [2.45, 2.75) is 38.9 Å². The van der Waals surface area contributed by atoms with Gasteiger partial charge in [0.15, 0.2) is 0 Å². The summed E-state index contributed by atoms with van der Waals surface area (Å²) in [6.07, 6.45) is 0.592. The fourth-order valence-electron chi connectivity index (χ4n) is 1.98. The highest BCUT2D eigenvalue weighted by molar-refractivity contribution is 5.85. The average molecular weight is 320 g/mol. The summed E-state index contributed by atoms with van der Waals surface area (Å²) in [4.78, 5) is 27.5. The van der Waals surface area contributed by atoms with E-state index in [1.807, 2.05) is 0 Å². The quantitative estimate of drug-likeness (QED) is 0.789. The predicted molar refractivity (Wildman–Crippen MR) is 84.5 cm³/mol. The summed E-state index contributed by atoms with van der Waals surface area (Å²) in [6.45, 7) is 5.38. The highest BCUT2D eigenvalue weighted by Crippen LogP contribution is 2.22. The van der Waals surface area contributed by atoms with Crippen LogP contribution in [-0.2, 0) is 14.4 Å². The number of amides is 1. The highest BCUT2D eigenvalue weighted by atomic mass is 16.7. The van der Waals surface area contributed by atoms with Gasteiger partial charge in [-0.2, -0.15) is 0 Å². The van der Waals surface area contributed by atoms with Crippen LogP contribution < -0.4 is 10.8 Å². The summed E-state index contributed by atoms with van der Waals surface area (Å²) in [5.41, 5.74) is 4.27. The summed E-state index contributed by atoms with van der Waals surface area (Å²) in [7, 11) is 0. The summed E-state index contributed by atoms with van der Waals surface area (Å²) in [5, 5.41) is 11.4. The Labute approximate surface area is 134 Å². The third-order valence-electron chi connectivity index (χ3n) is 2.89. The van der Waals surface area contributed by atoms with Gasteiger partial charge in [-0.15, -0.1) is 0 Å². The lowest BCUT2D eigenvalue weighted by Gasteiger charge is -2.19. The highest BCUT2D eigenvalue weighted by Gasteiger charge is 2.20. The summed E-state index contributed by atoms with van der Waals surface area (Å²) in [5.74, 6) is -0.925. The van der Waals surface area contributed by atoms with Crippen LogP contribution in [0.25, 0.3) is 5.70 Å². The van der Waals surface area contributed by atoms with Crippen molar-refractivity contribution >= 4 is 23.4 Å². The molecule has 0 spiro atoms. The van der Waals surface area contributed by atoms with Crippen LogP contribution in [-0.4, -0.2) is 28.9 Å². The minimum absolute atomic E-state index is 0.102. The van der Waals surface area contributed by atoms with Gasteiger partial charge in [-0.1, -0.05) is 12.1 Å². The Morgan fingerprint density at radius 2 is 1.96 bits per heavy atom. The molecular weight excluding hydrogens is 300 g/mol. The van der Waals surface area contributed by atoms with Gasteiger partial charge in [0.25, 0.3) is 0 Å². The Morgan fingerprint density at radius 1 is 1.30 bits per heavy atom. The number of benzene rings is 1. The van der Waals surface area contributed by atoms with Crippen LogP contribution in [0, 0.1) is 0 Å². The molecule has 1 amide bonds. The molecule has 1 atom stereocenters. The fourth-order valence-corrected chi connectivity index (χ4v) is 1.98. The standard InChI is InChI=1S/C16H20N2O5/c1-16(2,3)22-15(21)17-11-6-4-10(5-7-11)13-8-12(23-18-13)9-14(19)20/h4-8,12,18H,9H2,1-3H3,(H,17,21)(H,19,20). The molecule has 0 saturated carbocycles. The second kappa shape index (κ2) is 6.70. The minimum atomic E-state index is -0.925. The van der Waals surface area contributed by atoms with E-state index in [-0.39, 0.29) is 6.42 Å². The lowest BCUT2D eigenvalue weighted by molar-refractivity contribution is -0.139. The first-order chi connectivity index (χ1) is 10.7. The summed E-state index contributed by atoms with van der Waals surface area (Å²) >= 11 is 0. The van der Waals surface area contributed by atoms with Crippen LogP contribution >= 0.6 is 0 Å². The Morgan fingerprint density at radius 3 is 2.52 bits per heavy atom. The maximum absolute atomic E-state index is 11.7. The molecule has 0 bridgehead atoms. The van der Waals surface area contributed by atoms with E-state index < -0.39 is 23.8 Å². The first-order valence-corrected chi connectivity index (χ1v) is 7.19. The molecule has 1 unspecified atom stereocenters. The minimum Gasteiger partial charge on any atom is -0.481 e. The SMILES string of the molecule is CC(C)(C)OC(=O)Nc1ccc(C2=CC(CC(=O)O)ON2)cc1. The van der Waals surface area contributed by atoms with E-state index in [0.29, 0.717) is 11.4 Å². The lowest BCUT2D eigenvalue weighted by atomic mass is 10.1. The van der Waals surface area contributed by atoms with Crippen molar-refractivity contribution in [2.75, 3.05) is 5.32 Å². The van der Waals surface area contributed by atoms with Gasteiger partial charge < -0.3 is 9.84 Å². The monoisotopic (exact) mass is 320 g/mol. The van der Waals surface area contributed by atoms with Crippen molar-refractivity contribution < 1.29 is 24.3 Å². The lowest BCUT2D eigenvalue weighted by Crippen LogP contribution is -2.27. The molecule has 3 N–H and O–H groups in total. The number of carboxylic acid groups (broad SMARTS) is 1. The molecule has 1 aliphatic heterocycles. The molecular formula is C16H20N2O5. The third-order valence-corrected chi connectivity index (χ3v) is 2.89. The molecule has 0 radical (unpaired) electrons. The van der Waals surface area contributed by atoms with Gasteiger partial charge in [0, 0.05) is 5.69 Å². The van der Waals surface area contributed by atoms with Crippen LogP contribution in [0.1, 0.15) is 32.8 Å². The number of carbonyl (C=O) groups is 2. The van der Waals surface area contributed by atoms with Gasteiger partial charge in [-0.05, 0) is 44.5 Å². The van der Waals surface area contributed by atoms with Crippen LogP contribution in [0.15, 0.2) is 30.3 Å². The largest absolute Gasteiger partial charge is 0.481 e. The van der Waals surface area contributed by atoms with E-state index in [1.54, 1.807) is 51.1 Å². The molecule has 2 rings (SSSR count). The number of rotatable bonds is 4. The maximum atomic E-state index is 11.7. The first-order valence-electron chi connectivity index (χ1n) is 7.19. The molecule has 7 heteroatoms. The van der Waals surface area contributed by atoms with Crippen LogP contribution in [0.2, 0.25) is 0 Å². The molecule has 0 aliphatic carbocycles. The normalized spacial score (nSPS) is 17.2. The van der Waals surface area contributed by atoms with Gasteiger partial charge in [-0.25, -0.2) is 4.79 Å². The van der Waals surface area contributed by atoms with Crippen molar-refractivity contribution in [3.8, 4) is 0 Å². The van der Waals surface area contributed by atoms with E-state index in [0.717, 1.165) is 5.56 Å². The predicted octanol–water partition coefficient (Wildman–Crippen LogP) is 2.75. The molecule has 0 aromatic heterocycles. The Bertz CT molecular complexity index is 616. The second-order valence-electron chi connectivity index (χ2n) is 6.14. The second-order valence-corrected chi connectivity index (χ2v) is 6.14. The third kappa shape index (κ3) is 5.30. The Balaban J connectivity index is 1.97. The molecule has 0 saturated heterocycles. The molecule has 124 valence electrons. The van der Waals surface area contributed by atoms with E-state index >= 15 is 0 Å². The maximum Gasteiger partial charge on any atom is 0.412 e. The zero-order valence-corrected chi connectivity index (χ0v) is 13.3. The molecule has 1 aromatic rings. The topological polar surface area (TPSA) is 96.9 Å². The smallest absolute Gasteiger partial charge is 0.412 e. The number of ether oxygens (including phenoxy) is 1. The Kier molecular flexibility index (Phi) is 4.90. The molecule has 1 heterocycles. The Hall–Kier alpha value is -2.54. The number of nitrogens with one attached hydrogen (secondary N) is 2. The number of hydroxylamine groups is 1. The average Bonchev–Trinajstić information content (AvgIpc) is 2.85. The number of hydrogen-bond donors (Lipinski definition) is 3. The molecule has 1 aliphatic rings. The van der Waals surface area contributed by atoms with E-state index in [1.165, 1.54) is 0 Å². The van der Waals surface area contributed by atoms with Gasteiger partial charge in [0.1, 0.15) is 11.7 Å². The summed E-state index contributed by atoms with van der Waals surface area (Å²) < 4.78 is 5.17. The number of anilines is 1. The van der Waals surface area contributed by atoms with E-state index in [9.17, 15) is 9.59 Å². The first kappa shape index (κ1) is 16.8. The zero-order chi connectivity index (χ0) is 17.0. The van der Waals surface area contributed by atoms with Crippen molar-refractivity contribution in [3.63, 3.8) is 0 Å². The van der Waals surface area contributed by atoms with Crippen LogP contribution in [0.3, 0.4) is 0 Å². The van der Waals surface area contributed by atoms with Gasteiger partial charge >= 0.3 is 12.1 Å². The van der Waals surface area contributed by atoms with Crippen molar-refractivity contribution in [1.29, 1.82) is 0 Å². The number of carbonyl (C=O) groups excluding carboxylic acids is 1. The molecule has 0 fully saturated rings.